The van der Waals surface area contributed by atoms with Crippen molar-refractivity contribution in [2.45, 2.75) is 6.54 Å². The fourth-order valence-electron chi connectivity index (χ4n) is 1.39. The van der Waals surface area contributed by atoms with E-state index in [1.165, 1.54) is 0 Å². The summed E-state index contributed by atoms with van der Waals surface area (Å²) in [5, 5.41) is 3.04. The number of ether oxygens (including phenoxy) is 1. The molecule has 0 saturated heterocycles. The topological polar surface area (TPSA) is 47.0 Å². The molecular formula is C12H12FN3O. The number of aromatic nitrogens is 2. The van der Waals surface area contributed by atoms with Crippen LogP contribution in [0.1, 0.15) is 5.56 Å². The zero-order valence-electron chi connectivity index (χ0n) is 9.35. The number of rotatable bonds is 4. The molecule has 4 nitrogen and oxygen atoms in total. The lowest BCUT2D eigenvalue weighted by molar-refractivity contribution is 0.430. The molecule has 17 heavy (non-hydrogen) atoms. The first-order chi connectivity index (χ1) is 8.29. The average molecular weight is 233 g/mol. The van der Waals surface area contributed by atoms with Crippen LogP contribution in [0.25, 0.3) is 0 Å². The average Bonchev–Trinajstić information content (AvgIpc) is 2.35. The molecule has 2 aromatic rings. The molecule has 0 saturated carbocycles. The van der Waals surface area contributed by atoms with E-state index in [0.717, 1.165) is 18.0 Å². The van der Waals surface area contributed by atoms with Crippen LogP contribution in [0.2, 0.25) is 0 Å². The van der Waals surface area contributed by atoms with Crippen LogP contribution >= 0.6 is 0 Å². The van der Waals surface area contributed by atoms with E-state index >= 15 is 0 Å². The Balaban J connectivity index is 2.20. The number of nitrogens with one attached hydrogen (secondary N) is 1. The van der Waals surface area contributed by atoms with Crippen LogP contribution in [0.3, 0.4) is 0 Å². The normalized spacial score (nSPS) is 10.2. The fourth-order valence-corrected chi connectivity index (χ4v) is 1.39. The molecule has 0 unspecified atom stereocenters. The number of halogens is 1. The lowest BCUT2D eigenvalue weighted by Crippen LogP contribution is -2.06. The first-order valence-electron chi connectivity index (χ1n) is 5.17. The Morgan fingerprint density at radius 3 is 2.65 bits per heavy atom. The molecule has 1 heterocycles. The van der Waals surface area contributed by atoms with Gasteiger partial charge in [0.15, 0.2) is 5.82 Å². The summed E-state index contributed by atoms with van der Waals surface area (Å²) in [4.78, 5) is 7.49. The SMILES string of the molecule is CNCc1ccccc1Oc1ncc(F)cn1. The van der Waals surface area contributed by atoms with Gasteiger partial charge in [0.2, 0.25) is 0 Å². The van der Waals surface area contributed by atoms with E-state index in [1.54, 1.807) is 0 Å². The molecule has 0 atom stereocenters. The maximum atomic E-state index is 12.6. The van der Waals surface area contributed by atoms with Crippen molar-refractivity contribution >= 4 is 0 Å². The maximum absolute atomic E-state index is 12.6. The number of benzene rings is 1. The summed E-state index contributed by atoms with van der Waals surface area (Å²) in [6.07, 6.45) is 2.14. The molecular weight excluding hydrogens is 221 g/mol. The summed E-state index contributed by atoms with van der Waals surface area (Å²) in [5.74, 6) is 0.175. The number of para-hydroxylation sites is 1. The van der Waals surface area contributed by atoms with Gasteiger partial charge < -0.3 is 10.1 Å². The molecule has 0 aliphatic carbocycles. The Bertz CT molecular complexity index is 487. The van der Waals surface area contributed by atoms with Crippen molar-refractivity contribution < 1.29 is 9.13 Å². The molecule has 0 aliphatic rings. The predicted molar refractivity (Wildman–Crippen MR) is 61.3 cm³/mol. The molecule has 0 spiro atoms. The van der Waals surface area contributed by atoms with Crippen molar-refractivity contribution in [2.75, 3.05) is 7.05 Å². The minimum atomic E-state index is -0.485. The van der Waals surface area contributed by atoms with Crippen LogP contribution < -0.4 is 10.1 Å². The van der Waals surface area contributed by atoms with Gasteiger partial charge in [-0.3, -0.25) is 0 Å². The second kappa shape index (κ2) is 5.36. The van der Waals surface area contributed by atoms with Gasteiger partial charge in [0.05, 0.1) is 12.4 Å². The molecule has 1 aromatic heterocycles. The van der Waals surface area contributed by atoms with Crippen molar-refractivity contribution in [3.63, 3.8) is 0 Å². The van der Waals surface area contributed by atoms with Gasteiger partial charge in [0, 0.05) is 12.1 Å². The number of nitrogens with zero attached hydrogens (tertiary/aromatic N) is 2. The monoisotopic (exact) mass is 233 g/mol. The van der Waals surface area contributed by atoms with E-state index in [4.69, 9.17) is 4.74 Å². The molecule has 88 valence electrons. The number of hydrogen-bond acceptors (Lipinski definition) is 4. The lowest BCUT2D eigenvalue weighted by atomic mass is 10.2. The minimum absolute atomic E-state index is 0.134. The summed E-state index contributed by atoms with van der Waals surface area (Å²) >= 11 is 0. The highest BCUT2D eigenvalue weighted by molar-refractivity contribution is 5.34. The van der Waals surface area contributed by atoms with Gasteiger partial charge in [-0.2, -0.15) is 0 Å². The molecule has 5 heteroatoms. The van der Waals surface area contributed by atoms with Gasteiger partial charge in [0.25, 0.3) is 0 Å². The van der Waals surface area contributed by atoms with Crippen LogP contribution in [-0.4, -0.2) is 17.0 Å². The Labute approximate surface area is 98.5 Å². The third-order valence-electron chi connectivity index (χ3n) is 2.14. The largest absolute Gasteiger partial charge is 0.424 e. The lowest BCUT2D eigenvalue weighted by Gasteiger charge is -2.08. The van der Waals surface area contributed by atoms with E-state index in [0.29, 0.717) is 12.3 Å². The Morgan fingerprint density at radius 2 is 1.94 bits per heavy atom. The van der Waals surface area contributed by atoms with Gasteiger partial charge in [-0.25, -0.2) is 14.4 Å². The van der Waals surface area contributed by atoms with Crippen molar-refractivity contribution in [1.82, 2.24) is 15.3 Å². The first-order valence-corrected chi connectivity index (χ1v) is 5.17. The quantitative estimate of drug-likeness (QED) is 0.878. The second-order valence-electron chi connectivity index (χ2n) is 3.42. The smallest absolute Gasteiger partial charge is 0.322 e. The summed E-state index contributed by atoms with van der Waals surface area (Å²) in [6.45, 7) is 0.678. The van der Waals surface area contributed by atoms with Crippen LogP contribution in [-0.2, 0) is 6.54 Å². The van der Waals surface area contributed by atoms with Gasteiger partial charge in [-0.05, 0) is 13.1 Å². The highest BCUT2D eigenvalue weighted by atomic mass is 19.1. The van der Waals surface area contributed by atoms with Crippen LogP contribution in [0.15, 0.2) is 36.7 Å². The highest BCUT2D eigenvalue weighted by Gasteiger charge is 2.05. The molecule has 0 radical (unpaired) electrons. The Kier molecular flexibility index (Phi) is 3.62. The summed E-state index contributed by atoms with van der Waals surface area (Å²) in [5.41, 5.74) is 0.989. The van der Waals surface area contributed by atoms with Crippen molar-refractivity contribution in [3.8, 4) is 11.8 Å². The van der Waals surface area contributed by atoms with Gasteiger partial charge in [-0.1, -0.05) is 18.2 Å². The Hall–Kier alpha value is -2.01. The zero-order chi connectivity index (χ0) is 12.1. The van der Waals surface area contributed by atoms with Crippen molar-refractivity contribution in [1.29, 1.82) is 0 Å². The van der Waals surface area contributed by atoms with E-state index in [2.05, 4.69) is 15.3 Å². The van der Waals surface area contributed by atoms with E-state index in [9.17, 15) is 4.39 Å². The molecule has 2 rings (SSSR count). The molecule has 0 bridgehead atoms. The van der Waals surface area contributed by atoms with E-state index in [1.807, 2.05) is 31.3 Å². The third kappa shape index (κ3) is 2.98. The van der Waals surface area contributed by atoms with Crippen LogP contribution in [0, 0.1) is 5.82 Å². The molecule has 0 fully saturated rings. The van der Waals surface area contributed by atoms with E-state index in [-0.39, 0.29) is 6.01 Å². The van der Waals surface area contributed by atoms with Gasteiger partial charge in [-0.15, -0.1) is 0 Å². The standard InChI is InChI=1S/C12H12FN3O/c1-14-6-9-4-2-3-5-11(9)17-12-15-7-10(13)8-16-12/h2-5,7-8,14H,6H2,1H3. The van der Waals surface area contributed by atoms with Gasteiger partial charge in [0.1, 0.15) is 5.75 Å². The first kappa shape index (κ1) is 11.5. The third-order valence-corrected chi connectivity index (χ3v) is 2.14. The zero-order valence-corrected chi connectivity index (χ0v) is 9.35. The summed E-state index contributed by atoms with van der Waals surface area (Å²) in [7, 11) is 1.85. The minimum Gasteiger partial charge on any atom is -0.424 e. The maximum Gasteiger partial charge on any atom is 0.322 e. The molecule has 1 N–H and O–H groups in total. The van der Waals surface area contributed by atoms with Crippen molar-refractivity contribution in [3.05, 3.63) is 48.0 Å². The van der Waals surface area contributed by atoms with Crippen molar-refractivity contribution in [2.24, 2.45) is 0 Å². The second-order valence-corrected chi connectivity index (χ2v) is 3.42. The van der Waals surface area contributed by atoms with Gasteiger partial charge >= 0.3 is 6.01 Å². The van der Waals surface area contributed by atoms with Crippen LogP contribution in [0.4, 0.5) is 4.39 Å². The van der Waals surface area contributed by atoms with E-state index < -0.39 is 5.82 Å². The van der Waals surface area contributed by atoms with Crippen LogP contribution in [0.5, 0.6) is 11.8 Å². The fraction of sp³-hybridized carbons (Fsp3) is 0.167. The number of hydrogen-bond donors (Lipinski definition) is 1. The summed E-state index contributed by atoms with van der Waals surface area (Å²) < 4.78 is 18.1. The molecule has 1 aromatic carbocycles. The summed E-state index contributed by atoms with van der Waals surface area (Å²) in [6, 6.07) is 7.67. The predicted octanol–water partition coefficient (Wildman–Crippen LogP) is 2.13. The molecule has 0 amide bonds. The highest BCUT2D eigenvalue weighted by Crippen LogP contribution is 2.22. The Morgan fingerprint density at radius 1 is 1.24 bits per heavy atom. The molecule has 0 aliphatic heterocycles.